The van der Waals surface area contributed by atoms with Gasteiger partial charge in [-0.05, 0) is 49.4 Å². The number of halogens is 3. The number of hydrogen-bond donors (Lipinski definition) is 1. The van der Waals surface area contributed by atoms with Gasteiger partial charge in [0.25, 0.3) is 5.91 Å². The first-order chi connectivity index (χ1) is 15.3. The van der Waals surface area contributed by atoms with Crippen LogP contribution in [0.1, 0.15) is 27.6 Å². The van der Waals surface area contributed by atoms with Crippen LogP contribution in [0.2, 0.25) is 0 Å². The molecule has 0 aliphatic carbocycles. The fourth-order valence-electron chi connectivity index (χ4n) is 3.71. The fraction of sp³-hybridized carbons (Fsp3) is 0.304. The molecule has 0 spiro atoms. The number of carbonyl (C=O) groups is 1. The van der Waals surface area contributed by atoms with Crippen LogP contribution in [0.15, 0.2) is 59.1 Å². The van der Waals surface area contributed by atoms with E-state index >= 15 is 0 Å². The number of aryl methyl sites for hydroxylation is 1. The van der Waals surface area contributed by atoms with Gasteiger partial charge in [0.15, 0.2) is 0 Å². The summed E-state index contributed by atoms with van der Waals surface area (Å²) < 4.78 is 45.6. The smallest absolute Gasteiger partial charge is 0.416 e. The maximum Gasteiger partial charge on any atom is 0.416 e. The maximum absolute atomic E-state index is 13.3. The van der Waals surface area contributed by atoms with Gasteiger partial charge in [0.1, 0.15) is 17.2 Å². The van der Waals surface area contributed by atoms with Gasteiger partial charge in [-0.1, -0.05) is 6.07 Å². The Kier molecular flexibility index (Phi) is 6.18. The number of nitrogens with one attached hydrogen (secondary N) is 1. The van der Waals surface area contributed by atoms with Crippen LogP contribution in [0.4, 0.5) is 24.5 Å². The Bertz CT molecular complexity index is 1070. The van der Waals surface area contributed by atoms with E-state index in [0.29, 0.717) is 38.4 Å². The number of benzene rings is 1. The Balaban J connectivity index is 1.52. The number of pyridine rings is 1. The quantitative estimate of drug-likeness (QED) is 0.625. The summed E-state index contributed by atoms with van der Waals surface area (Å²) in [4.78, 5) is 20.8. The monoisotopic (exact) mass is 444 g/mol. The Morgan fingerprint density at radius 3 is 2.50 bits per heavy atom. The lowest BCUT2D eigenvalue weighted by molar-refractivity contribution is -0.137. The van der Waals surface area contributed by atoms with Crippen LogP contribution in [0, 0.1) is 6.92 Å². The molecular formula is C23H23F3N4O2. The number of carbonyl (C=O) groups excluding carboxylic acids is 1. The summed E-state index contributed by atoms with van der Waals surface area (Å²) in [7, 11) is 0. The Morgan fingerprint density at radius 2 is 1.88 bits per heavy atom. The molecule has 1 fully saturated rings. The van der Waals surface area contributed by atoms with Crippen molar-refractivity contribution in [2.75, 3.05) is 36.4 Å². The topological polar surface area (TPSA) is 61.6 Å². The van der Waals surface area contributed by atoms with Gasteiger partial charge in [0, 0.05) is 32.4 Å². The van der Waals surface area contributed by atoms with Gasteiger partial charge < -0.3 is 14.6 Å². The first kappa shape index (κ1) is 21.9. The van der Waals surface area contributed by atoms with E-state index in [1.807, 2.05) is 24.0 Å². The van der Waals surface area contributed by atoms with Gasteiger partial charge in [-0.3, -0.25) is 14.7 Å². The molecule has 4 rings (SSSR count). The molecule has 0 radical (unpaired) electrons. The molecule has 1 aliphatic heterocycles. The molecule has 1 saturated heterocycles. The second kappa shape index (κ2) is 9.04. The average Bonchev–Trinajstić information content (AvgIpc) is 3.19. The van der Waals surface area contributed by atoms with Crippen molar-refractivity contribution in [3.63, 3.8) is 0 Å². The van der Waals surface area contributed by atoms with Gasteiger partial charge in [-0.25, -0.2) is 0 Å². The molecule has 0 saturated carbocycles. The third-order valence-corrected chi connectivity index (χ3v) is 5.36. The van der Waals surface area contributed by atoms with Crippen LogP contribution in [-0.4, -0.2) is 42.0 Å². The zero-order chi connectivity index (χ0) is 22.7. The largest absolute Gasteiger partial charge is 0.465 e. The minimum Gasteiger partial charge on any atom is -0.465 e. The highest BCUT2D eigenvalue weighted by molar-refractivity contribution is 6.04. The van der Waals surface area contributed by atoms with Crippen LogP contribution in [0.3, 0.4) is 0 Å². The summed E-state index contributed by atoms with van der Waals surface area (Å²) in [6.45, 7) is 5.22. The zero-order valence-electron chi connectivity index (χ0n) is 17.5. The van der Waals surface area contributed by atoms with E-state index in [4.69, 9.17) is 4.42 Å². The molecule has 1 amide bonds. The summed E-state index contributed by atoms with van der Waals surface area (Å²) in [6.07, 6.45) is -3.05. The van der Waals surface area contributed by atoms with Crippen LogP contribution in [0.25, 0.3) is 0 Å². The molecule has 3 aromatic rings. The number of alkyl halides is 3. The summed E-state index contributed by atoms with van der Waals surface area (Å²) in [5.74, 6) is 1.18. The number of furan rings is 1. The second-order valence-electron chi connectivity index (χ2n) is 7.67. The number of aromatic nitrogens is 1. The predicted molar refractivity (Wildman–Crippen MR) is 115 cm³/mol. The molecule has 1 N–H and O–H groups in total. The number of rotatable bonds is 5. The summed E-state index contributed by atoms with van der Waals surface area (Å²) >= 11 is 0. The Morgan fingerprint density at radius 1 is 1.09 bits per heavy atom. The van der Waals surface area contributed by atoms with Crippen molar-refractivity contribution < 1.29 is 22.4 Å². The van der Waals surface area contributed by atoms with Crippen LogP contribution < -0.4 is 10.2 Å². The first-order valence-corrected chi connectivity index (χ1v) is 10.3. The third kappa shape index (κ3) is 5.11. The predicted octanol–water partition coefficient (Wildman–Crippen LogP) is 4.58. The van der Waals surface area contributed by atoms with Gasteiger partial charge in [0.2, 0.25) is 0 Å². The molecule has 1 aliphatic rings. The van der Waals surface area contributed by atoms with Crippen LogP contribution in [-0.2, 0) is 12.7 Å². The number of anilines is 2. The normalized spacial score (nSPS) is 15.1. The lowest BCUT2D eigenvalue weighted by Gasteiger charge is -2.36. The minimum atomic E-state index is -4.51. The van der Waals surface area contributed by atoms with E-state index in [0.717, 1.165) is 23.7 Å². The van der Waals surface area contributed by atoms with Crippen molar-refractivity contribution in [2.24, 2.45) is 0 Å². The molecule has 6 nitrogen and oxygen atoms in total. The number of piperazine rings is 1. The van der Waals surface area contributed by atoms with Crippen molar-refractivity contribution in [3.8, 4) is 0 Å². The highest BCUT2D eigenvalue weighted by Crippen LogP contribution is 2.36. The summed E-state index contributed by atoms with van der Waals surface area (Å²) in [5.41, 5.74) is -0.0137. The zero-order valence-corrected chi connectivity index (χ0v) is 17.5. The number of hydrogen-bond acceptors (Lipinski definition) is 5. The minimum absolute atomic E-state index is 0.116. The molecular weight excluding hydrogens is 421 g/mol. The van der Waals surface area contributed by atoms with Crippen molar-refractivity contribution in [3.05, 3.63) is 77.5 Å². The van der Waals surface area contributed by atoms with E-state index in [9.17, 15) is 18.0 Å². The standard InChI is InChI=1S/C23H23F3N4O2/c1-16-5-7-18(32-16)15-29-10-12-30(13-11-29)21-8-6-17(23(24,25)26)14-20(21)28-22(31)19-4-2-3-9-27-19/h2-9,14H,10-13,15H2,1H3,(H,28,31). The SMILES string of the molecule is Cc1ccc(CN2CCN(c3ccc(C(F)(F)F)cc3NC(=O)c3ccccn3)CC2)o1. The van der Waals surface area contributed by atoms with E-state index in [1.165, 1.54) is 18.3 Å². The molecule has 2 aromatic heterocycles. The van der Waals surface area contributed by atoms with Gasteiger partial charge in [-0.15, -0.1) is 0 Å². The average molecular weight is 444 g/mol. The molecule has 0 bridgehead atoms. The maximum atomic E-state index is 13.3. The van der Waals surface area contributed by atoms with E-state index in [1.54, 1.807) is 12.1 Å². The lowest BCUT2D eigenvalue weighted by Crippen LogP contribution is -2.46. The van der Waals surface area contributed by atoms with Crippen molar-refractivity contribution in [2.45, 2.75) is 19.6 Å². The molecule has 0 unspecified atom stereocenters. The molecule has 168 valence electrons. The van der Waals surface area contributed by atoms with Gasteiger partial charge in [0.05, 0.1) is 23.5 Å². The first-order valence-electron chi connectivity index (χ1n) is 10.3. The van der Waals surface area contributed by atoms with Crippen LogP contribution >= 0.6 is 0 Å². The third-order valence-electron chi connectivity index (χ3n) is 5.36. The fourth-order valence-corrected chi connectivity index (χ4v) is 3.71. The Labute approximate surface area is 183 Å². The van der Waals surface area contributed by atoms with Crippen LogP contribution in [0.5, 0.6) is 0 Å². The molecule has 9 heteroatoms. The van der Waals surface area contributed by atoms with Gasteiger partial charge in [-0.2, -0.15) is 13.2 Å². The molecule has 3 heterocycles. The van der Waals surface area contributed by atoms with Crippen molar-refractivity contribution >= 4 is 17.3 Å². The molecule has 0 atom stereocenters. The molecule has 1 aromatic carbocycles. The van der Waals surface area contributed by atoms with Crippen molar-refractivity contribution in [1.29, 1.82) is 0 Å². The highest BCUT2D eigenvalue weighted by atomic mass is 19.4. The van der Waals surface area contributed by atoms with E-state index < -0.39 is 17.6 Å². The summed E-state index contributed by atoms with van der Waals surface area (Å²) in [5, 5.41) is 2.62. The second-order valence-corrected chi connectivity index (χ2v) is 7.67. The van der Waals surface area contributed by atoms with Gasteiger partial charge >= 0.3 is 6.18 Å². The van der Waals surface area contributed by atoms with Crippen molar-refractivity contribution in [1.82, 2.24) is 9.88 Å². The highest BCUT2D eigenvalue weighted by Gasteiger charge is 2.32. The number of amides is 1. The van der Waals surface area contributed by atoms with E-state index in [-0.39, 0.29) is 11.4 Å². The number of nitrogens with zero attached hydrogens (tertiary/aromatic N) is 3. The Hall–Kier alpha value is -3.33. The van der Waals surface area contributed by atoms with E-state index in [2.05, 4.69) is 15.2 Å². The molecule has 32 heavy (non-hydrogen) atoms. The summed E-state index contributed by atoms with van der Waals surface area (Å²) in [6, 6.07) is 12.1. The lowest BCUT2D eigenvalue weighted by atomic mass is 10.1.